The number of ether oxygens (including phenoxy) is 1. The zero-order valence-corrected chi connectivity index (χ0v) is 21.1. The molecular weight excluding hydrogens is 444 g/mol. The highest BCUT2D eigenvalue weighted by molar-refractivity contribution is 5.80. The molecule has 0 fully saturated rings. The second-order valence-corrected chi connectivity index (χ2v) is 9.99. The van der Waals surface area contributed by atoms with Crippen molar-refractivity contribution in [2.75, 3.05) is 6.61 Å². The number of alkyl carbamates (subject to hydrolysis) is 1. The Balaban J connectivity index is 1.59. The number of rotatable bonds is 10. The van der Waals surface area contributed by atoms with Gasteiger partial charge in [-0.3, -0.25) is 9.59 Å². The van der Waals surface area contributed by atoms with E-state index in [0.29, 0.717) is 0 Å². The second kappa shape index (κ2) is 11.4. The van der Waals surface area contributed by atoms with Crippen molar-refractivity contribution in [3.63, 3.8) is 0 Å². The Labute approximate surface area is 207 Å². The summed E-state index contributed by atoms with van der Waals surface area (Å²) in [7, 11) is 0. The standard InChI is InChI=1S/C28H36N2O5/c1-16(2)24(14-25(31)29-18(5)26(17(3)4)27(32)33)30-28(34)35-15-23-21-12-8-6-10-19(21)20-11-7-9-13-22(20)23/h6-13,16-18,23-24,26H,14-15H2,1-5H3,(H,29,31)(H,30,34)(H,32,33). The molecule has 3 unspecified atom stereocenters. The molecule has 1 aliphatic rings. The fourth-order valence-electron chi connectivity index (χ4n) is 4.92. The Hall–Kier alpha value is -3.35. The fourth-order valence-corrected chi connectivity index (χ4v) is 4.92. The Morgan fingerprint density at radius 1 is 0.857 bits per heavy atom. The van der Waals surface area contributed by atoms with Crippen LogP contribution in [-0.2, 0) is 14.3 Å². The van der Waals surface area contributed by atoms with E-state index in [2.05, 4.69) is 34.9 Å². The molecule has 2 aromatic carbocycles. The van der Waals surface area contributed by atoms with E-state index in [-0.39, 0.29) is 36.7 Å². The van der Waals surface area contributed by atoms with Crippen LogP contribution in [0.1, 0.15) is 58.1 Å². The number of amides is 2. The van der Waals surface area contributed by atoms with E-state index in [1.54, 1.807) is 6.92 Å². The van der Waals surface area contributed by atoms with E-state index >= 15 is 0 Å². The van der Waals surface area contributed by atoms with Crippen LogP contribution in [0.3, 0.4) is 0 Å². The van der Waals surface area contributed by atoms with Crippen LogP contribution in [0.5, 0.6) is 0 Å². The summed E-state index contributed by atoms with van der Waals surface area (Å²) in [5.41, 5.74) is 4.58. The third-order valence-electron chi connectivity index (χ3n) is 6.79. The van der Waals surface area contributed by atoms with Crippen molar-refractivity contribution in [3.05, 3.63) is 59.7 Å². The lowest BCUT2D eigenvalue weighted by atomic mass is 9.89. The highest BCUT2D eigenvalue weighted by Gasteiger charge is 2.31. The minimum atomic E-state index is -0.940. The minimum absolute atomic E-state index is 0.0168. The van der Waals surface area contributed by atoms with E-state index in [1.807, 2.05) is 52.0 Å². The van der Waals surface area contributed by atoms with Gasteiger partial charge in [-0.15, -0.1) is 0 Å². The van der Waals surface area contributed by atoms with Crippen LogP contribution in [-0.4, -0.2) is 41.8 Å². The number of fused-ring (bicyclic) bond motifs is 3. The van der Waals surface area contributed by atoms with Crippen LogP contribution >= 0.6 is 0 Å². The molecule has 7 nitrogen and oxygen atoms in total. The maximum atomic E-state index is 12.7. The second-order valence-electron chi connectivity index (χ2n) is 9.99. The maximum Gasteiger partial charge on any atom is 0.407 e. The molecule has 0 saturated carbocycles. The predicted molar refractivity (Wildman–Crippen MR) is 135 cm³/mol. The third-order valence-corrected chi connectivity index (χ3v) is 6.79. The first-order valence-corrected chi connectivity index (χ1v) is 12.2. The number of carboxylic acid groups (broad SMARTS) is 1. The highest BCUT2D eigenvalue weighted by Crippen LogP contribution is 2.44. The van der Waals surface area contributed by atoms with Crippen molar-refractivity contribution < 1.29 is 24.2 Å². The van der Waals surface area contributed by atoms with Gasteiger partial charge in [0.15, 0.2) is 0 Å². The topological polar surface area (TPSA) is 105 Å². The van der Waals surface area contributed by atoms with Gasteiger partial charge in [0, 0.05) is 24.4 Å². The molecule has 3 atom stereocenters. The number of carbonyl (C=O) groups excluding carboxylic acids is 2. The van der Waals surface area contributed by atoms with E-state index in [1.165, 1.54) is 0 Å². The van der Waals surface area contributed by atoms with Crippen molar-refractivity contribution in [1.29, 1.82) is 0 Å². The number of aliphatic carboxylic acids is 1. The summed E-state index contributed by atoms with van der Waals surface area (Å²) in [6.07, 6.45) is -0.534. The summed E-state index contributed by atoms with van der Waals surface area (Å²) >= 11 is 0. The lowest BCUT2D eigenvalue weighted by molar-refractivity contribution is -0.144. The van der Waals surface area contributed by atoms with Crippen LogP contribution in [0, 0.1) is 17.8 Å². The van der Waals surface area contributed by atoms with Gasteiger partial charge in [-0.25, -0.2) is 4.79 Å². The summed E-state index contributed by atoms with van der Waals surface area (Å²) in [5, 5.41) is 15.1. The van der Waals surface area contributed by atoms with Gasteiger partial charge in [-0.1, -0.05) is 76.2 Å². The van der Waals surface area contributed by atoms with Gasteiger partial charge in [-0.2, -0.15) is 0 Å². The van der Waals surface area contributed by atoms with Crippen LogP contribution in [0.25, 0.3) is 11.1 Å². The van der Waals surface area contributed by atoms with E-state index in [9.17, 15) is 19.5 Å². The van der Waals surface area contributed by atoms with Crippen molar-refractivity contribution in [2.45, 2.75) is 59.0 Å². The lowest BCUT2D eigenvalue weighted by Gasteiger charge is -2.26. The fraction of sp³-hybridized carbons (Fsp3) is 0.464. The monoisotopic (exact) mass is 480 g/mol. The number of benzene rings is 2. The van der Waals surface area contributed by atoms with Crippen LogP contribution in [0.4, 0.5) is 4.79 Å². The molecule has 0 radical (unpaired) electrons. The van der Waals surface area contributed by atoms with E-state index < -0.39 is 30.1 Å². The third kappa shape index (κ3) is 6.21. The SMILES string of the molecule is CC(C)C(CC(=O)NC(C)C(C(=O)O)C(C)C)NC(=O)OCC1c2ccccc2-c2ccccc21. The molecule has 7 heteroatoms. The Bertz CT molecular complexity index is 1020. The van der Waals surface area contributed by atoms with Gasteiger partial charge in [0.25, 0.3) is 0 Å². The smallest absolute Gasteiger partial charge is 0.407 e. The van der Waals surface area contributed by atoms with Crippen LogP contribution < -0.4 is 10.6 Å². The largest absolute Gasteiger partial charge is 0.481 e. The van der Waals surface area contributed by atoms with Gasteiger partial charge in [0.05, 0.1) is 5.92 Å². The van der Waals surface area contributed by atoms with Crippen LogP contribution in [0.15, 0.2) is 48.5 Å². The summed E-state index contributed by atoms with van der Waals surface area (Å²) in [6.45, 7) is 9.36. The first-order valence-electron chi connectivity index (χ1n) is 12.2. The molecule has 0 aromatic heterocycles. The Morgan fingerprint density at radius 3 is 1.89 bits per heavy atom. The molecule has 2 aromatic rings. The molecule has 0 aliphatic heterocycles. The average molecular weight is 481 g/mol. The zero-order valence-electron chi connectivity index (χ0n) is 21.1. The Morgan fingerprint density at radius 2 is 1.40 bits per heavy atom. The summed E-state index contributed by atoms with van der Waals surface area (Å²) in [4.78, 5) is 36.9. The summed E-state index contributed by atoms with van der Waals surface area (Å²) in [5.74, 6) is -2.11. The van der Waals surface area contributed by atoms with Crippen molar-refractivity contribution >= 4 is 18.0 Å². The van der Waals surface area contributed by atoms with Crippen molar-refractivity contribution in [2.24, 2.45) is 17.8 Å². The van der Waals surface area contributed by atoms with Gasteiger partial charge in [0.1, 0.15) is 6.61 Å². The normalized spacial score (nSPS) is 15.2. The quantitative estimate of drug-likeness (QED) is 0.453. The summed E-state index contributed by atoms with van der Waals surface area (Å²) in [6, 6.07) is 15.3. The lowest BCUT2D eigenvalue weighted by Crippen LogP contribution is -2.47. The molecule has 35 heavy (non-hydrogen) atoms. The van der Waals surface area contributed by atoms with Crippen molar-refractivity contribution in [1.82, 2.24) is 10.6 Å². The van der Waals surface area contributed by atoms with Gasteiger partial charge >= 0.3 is 12.1 Å². The Kier molecular flexibility index (Phi) is 8.54. The predicted octanol–water partition coefficient (Wildman–Crippen LogP) is 4.80. The molecule has 0 bridgehead atoms. The number of hydrogen-bond acceptors (Lipinski definition) is 4. The number of hydrogen-bond donors (Lipinski definition) is 3. The molecule has 188 valence electrons. The van der Waals surface area contributed by atoms with E-state index in [0.717, 1.165) is 22.3 Å². The molecule has 3 N–H and O–H groups in total. The molecule has 0 saturated heterocycles. The molecule has 0 heterocycles. The molecule has 1 aliphatic carbocycles. The molecular formula is C28H36N2O5. The van der Waals surface area contributed by atoms with E-state index in [4.69, 9.17) is 4.74 Å². The van der Waals surface area contributed by atoms with Gasteiger partial charge < -0.3 is 20.5 Å². The van der Waals surface area contributed by atoms with Crippen LogP contribution in [0.2, 0.25) is 0 Å². The maximum absolute atomic E-state index is 12.7. The first-order chi connectivity index (χ1) is 16.6. The van der Waals surface area contributed by atoms with Gasteiger partial charge in [0.2, 0.25) is 5.91 Å². The highest BCUT2D eigenvalue weighted by atomic mass is 16.5. The molecule has 2 amide bonds. The minimum Gasteiger partial charge on any atom is -0.481 e. The van der Waals surface area contributed by atoms with Crippen molar-refractivity contribution in [3.8, 4) is 11.1 Å². The first kappa shape index (κ1) is 26.3. The molecule has 0 spiro atoms. The number of carbonyl (C=O) groups is 3. The summed E-state index contributed by atoms with van der Waals surface area (Å²) < 4.78 is 5.62. The zero-order chi connectivity index (χ0) is 25.7. The number of carboxylic acids is 1. The molecule has 3 rings (SSSR count). The van der Waals surface area contributed by atoms with Gasteiger partial charge in [-0.05, 0) is 41.0 Å². The average Bonchev–Trinajstić information content (AvgIpc) is 3.10. The number of nitrogens with one attached hydrogen (secondary N) is 2.